The number of benzene rings is 2. The molecule has 0 N–H and O–H groups in total. The van der Waals surface area contributed by atoms with Crippen molar-refractivity contribution in [2.45, 2.75) is 12.8 Å². The molecule has 7 heteroatoms. The molecule has 0 radical (unpaired) electrons. The molecule has 2 aromatic carbocycles. The first kappa shape index (κ1) is 16.6. The Morgan fingerprint density at radius 3 is 2.04 bits per heavy atom. The number of anilines is 2. The van der Waals surface area contributed by atoms with E-state index >= 15 is 0 Å². The highest BCUT2D eigenvalue weighted by molar-refractivity contribution is 6.01. The quantitative estimate of drug-likeness (QED) is 0.589. The first-order valence-electron chi connectivity index (χ1n) is 7.77. The van der Waals surface area contributed by atoms with Crippen molar-refractivity contribution in [1.82, 2.24) is 0 Å². The highest BCUT2D eigenvalue weighted by atomic mass is 16.6. The van der Waals surface area contributed by atoms with E-state index in [2.05, 4.69) is 0 Å². The van der Waals surface area contributed by atoms with E-state index in [9.17, 15) is 19.7 Å². The first-order chi connectivity index (χ1) is 11.9. The fraction of sp³-hybridized carbons (Fsp3) is 0.222. The molecule has 0 unspecified atom stereocenters. The number of fused-ring (bicyclic) bond motifs is 2. The van der Waals surface area contributed by atoms with E-state index in [4.69, 9.17) is 0 Å². The van der Waals surface area contributed by atoms with Crippen LogP contribution in [0.1, 0.15) is 11.1 Å². The van der Waals surface area contributed by atoms with Gasteiger partial charge < -0.3 is 9.80 Å². The van der Waals surface area contributed by atoms with Crippen LogP contribution >= 0.6 is 0 Å². The molecule has 0 saturated heterocycles. The molecule has 2 aliphatic heterocycles. The van der Waals surface area contributed by atoms with E-state index < -0.39 is 4.92 Å². The number of carbonyl (C=O) groups excluding carboxylic acids is 2. The minimum Gasteiger partial charge on any atom is -0.315 e. The SMILES string of the molecule is CN1C(=O)Cc2cc([N+](=O)[O-])ccc21.CN1C(=O)Cc2ccccc21. The summed E-state index contributed by atoms with van der Waals surface area (Å²) >= 11 is 0. The summed E-state index contributed by atoms with van der Waals surface area (Å²) in [5, 5.41) is 10.5. The zero-order valence-electron chi connectivity index (χ0n) is 13.9. The van der Waals surface area contributed by atoms with Gasteiger partial charge in [-0.05, 0) is 23.3 Å². The third kappa shape index (κ3) is 3.08. The Kier molecular flexibility index (Phi) is 4.22. The van der Waals surface area contributed by atoms with Crippen LogP contribution in [-0.2, 0) is 22.4 Å². The zero-order valence-corrected chi connectivity index (χ0v) is 13.9. The van der Waals surface area contributed by atoms with E-state index in [1.807, 2.05) is 31.3 Å². The van der Waals surface area contributed by atoms with Crippen LogP contribution in [0.3, 0.4) is 0 Å². The Morgan fingerprint density at radius 1 is 0.880 bits per heavy atom. The Labute approximate surface area is 144 Å². The molecular formula is C18H17N3O4. The molecule has 0 aromatic heterocycles. The van der Waals surface area contributed by atoms with Gasteiger partial charge in [-0.15, -0.1) is 0 Å². The molecule has 2 amide bonds. The van der Waals surface area contributed by atoms with Gasteiger partial charge in [0.2, 0.25) is 11.8 Å². The van der Waals surface area contributed by atoms with Crippen molar-refractivity contribution >= 4 is 28.9 Å². The molecule has 7 nitrogen and oxygen atoms in total. The van der Waals surface area contributed by atoms with Crippen molar-refractivity contribution in [1.29, 1.82) is 0 Å². The van der Waals surface area contributed by atoms with E-state index in [0.717, 1.165) is 22.5 Å². The van der Waals surface area contributed by atoms with Crippen LogP contribution in [-0.4, -0.2) is 30.8 Å². The van der Waals surface area contributed by atoms with E-state index in [1.54, 1.807) is 18.0 Å². The molecule has 0 atom stereocenters. The topological polar surface area (TPSA) is 83.8 Å². The molecule has 4 rings (SSSR count). The smallest absolute Gasteiger partial charge is 0.269 e. The maximum Gasteiger partial charge on any atom is 0.269 e. The van der Waals surface area contributed by atoms with Crippen LogP contribution in [0, 0.1) is 10.1 Å². The van der Waals surface area contributed by atoms with Crippen molar-refractivity contribution in [2.24, 2.45) is 0 Å². The molecule has 0 fully saturated rings. The number of hydrogen-bond acceptors (Lipinski definition) is 4. The van der Waals surface area contributed by atoms with Gasteiger partial charge in [0.15, 0.2) is 0 Å². The van der Waals surface area contributed by atoms with Crippen LogP contribution in [0.15, 0.2) is 42.5 Å². The summed E-state index contributed by atoms with van der Waals surface area (Å²) in [5.41, 5.74) is 3.72. The third-order valence-electron chi connectivity index (χ3n) is 4.42. The van der Waals surface area contributed by atoms with Gasteiger partial charge in [-0.25, -0.2) is 0 Å². The van der Waals surface area contributed by atoms with Crippen molar-refractivity contribution in [3.05, 3.63) is 63.7 Å². The maximum absolute atomic E-state index is 11.3. The Balaban J connectivity index is 0.000000150. The summed E-state index contributed by atoms with van der Waals surface area (Å²) in [4.78, 5) is 35.7. The number of nitro groups is 1. The monoisotopic (exact) mass is 339 g/mol. The standard InChI is InChI=1S/C9H8N2O3.C9H9NO/c1-10-8-3-2-7(11(13)14)4-6(8)5-9(10)12;1-10-8-5-3-2-4-7(8)6-9(10)11/h2-4H,5H2,1H3;2-5H,6H2,1H3. The van der Waals surface area contributed by atoms with Gasteiger partial charge in [0, 0.05) is 37.6 Å². The van der Waals surface area contributed by atoms with E-state index in [-0.39, 0.29) is 23.9 Å². The fourth-order valence-electron chi connectivity index (χ4n) is 2.97. The normalized spacial score (nSPS) is 14.8. The lowest BCUT2D eigenvalue weighted by molar-refractivity contribution is -0.384. The zero-order chi connectivity index (χ0) is 18.1. The molecule has 2 aromatic rings. The second-order valence-electron chi connectivity index (χ2n) is 5.96. The van der Waals surface area contributed by atoms with Gasteiger partial charge in [-0.1, -0.05) is 18.2 Å². The number of carbonyl (C=O) groups is 2. The summed E-state index contributed by atoms with van der Waals surface area (Å²) < 4.78 is 0. The number of nitrogens with zero attached hydrogens (tertiary/aromatic N) is 3. The van der Waals surface area contributed by atoms with E-state index in [0.29, 0.717) is 6.42 Å². The first-order valence-corrected chi connectivity index (χ1v) is 7.77. The highest BCUT2D eigenvalue weighted by Crippen LogP contribution is 2.30. The van der Waals surface area contributed by atoms with Crippen molar-refractivity contribution in [3.63, 3.8) is 0 Å². The predicted octanol–water partition coefficient (Wildman–Crippen LogP) is 2.32. The number of nitro benzene ring substituents is 1. The molecule has 128 valence electrons. The lowest BCUT2D eigenvalue weighted by atomic mass is 10.1. The predicted molar refractivity (Wildman–Crippen MR) is 93.8 cm³/mol. The minimum atomic E-state index is -0.455. The van der Waals surface area contributed by atoms with Gasteiger partial charge in [0.1, 0.15) is 0 Å². The Bertz CT molecular complexity index is 878. The van der Waals surface area contributed by atoms with Crippen LogP contribution < -0.4 is 9.80 Å². The summed E-state index contributed by atoms with van der Waals surface area (Å²) in [6, 6.07) is 12.4. The number of rotatable bonds is 1. The number of para-hydroxylation sites is 1. The molecule has 0 aliphatic carbocycles. The van der Waals surface area contributed by atoms with Gasteiger partial charge in [0.05, 0.1) is 17.8 Å². The summed E-state index contributed by atoms with van der Waals surface area (Å²) in [7, 11) is 3.48. The lowest BCUT2D eigenvalue weighted by Crippen LogP contribution is -2.20. The van der Waals surface area contributed by atoms with E-state index in [1.165, 1.54) is 17.0 Å². The summed E-state index contributed by atoms with van der Waals surface area (Å²) in [5.74, 6) is 0.159. The molecule has 0 saturated carbocycles. The molecule has 0 spiro atoms. The number of amides is 2. The Morgan fingerprint density at radius 2 is 1.44 bits per heavy atom. The van der Waals surface area contributed by atoms with Crippen molar-refractivity contribution < 1.29 is 14.5 Å². The van der Waals surface area contributed by atoms with Crippen LogP contribution in [0.2, 0.25) is 0 Å². The average molecular weight is 339 g/mol. The second-order valence-corrected chi connectivity index (χ2v) is 5.96. The maximum atomic E-state index is 11.3. The summed E-state index contributed by atoms with van der Waals surface area (Å²) in [6.07, 6.45) is 0.820. The second kappa shape index (κ2) is 6.35. The van der Waals surface area contributed by atoms with Crippen molar-refractivity contribution in [3.8, 4) is 0 Å². The van der Waals surface area contributed by atoms with Crippen LogP contribution in [0.5, 0.6) is 0 Å². The molecule has 2 heterocycles. The molecular weight excluding hydrogens is 322 g/mol. The van der Waals surface area contributed by atoms with Crippen LogP contribution in [0.25, 0.3) is 0 Å². The van der Waals surface area contributed by atoms with Gasteiger partial charge >= 0.3 is 0 Å². The largest absolute Gasteiger partial charge is 0.315 e. The van der Waals surface area contributed by atoms with Crippen molar-refractivity contribution in [2.75, 3.05) is 23.9 Å². The lowest BCUT2D eigenvalue weighted by Gasteiger charge is -2.08. The van der Waals surface area contributed by atoms with Gasteiger partial charge in [0.25, 0.3) is 5.69 Å². The fourth-order valence-corrected chi connectivity index (χ4v) is 2.97. The number of non-ortho nitro benzene ring substituents is 1. The van der Waals surface area contributed by atoms with Crippen LogP contribution in [0.4, 0.5) is 17.1 Å². The number of likely N-dealkylation sites (N-methyl/N-ethyl adjacent to an activating group) is 2. The molecule has 25 heavy (non-hydrogen) atoms. The highest BCUT2D eigenvalue weighted by Gasteiger charge is 2.25. The summed E-state index contributed by atoms with van der Waals surface area (Å²) in [6.45, 7) is 0. The van der Waals surface area contributed by atoms with Gasteiger partial charge in [-0.2, -0.15) is 0 Å². The molecule has 0 bridgehead atoms. The minimum absolute atomic E-state index is 0.0273. The third-order valence-corrected chi connectivity index (χ3v) is 4.42. The Hall–Kier alpha value is -3.22. The number of hydrogen-bond donors (Lipinski definition) is 0. The molecule has 2 aliphatic rings. The average Bonchev–Trinajstić information content (AvgIpc) is 3.05. The van der Waals surface area contributed by atoms with Gasteiger partial charge in [-0.3, -0.25) is 19.7 Å².